The molecule has 0 aliphatic heterocycles. The first-order valence-electron chi connectivity index (χ1n) is 6.66. The van der Waals surface area contributed by atoms with Gasteiger partial charge in [-0.2, -0.15) is 0 Å². The number of carbonyl (C=O) groups excluding carboxylic acids is 2. The molecule has 6 nitrogen and oxygen atoms in total. The molecule has 2 N–H and O–H groups in total. The van der Waals surface area contributed by atoms with Gasteiger partial charge in [-0.15, -0.1) is 11.3 Å². The predicted octanol–water partition coefficient (Wildman–Crippen LogP) is 3.05. The van der Waals surface area contributed by atoms with Crippen molar-refractivity contribution in [2.75, 3.05) is 12.4 Å². The Balaban J connectivity index is 2.04. The number of methoxy groups -OCH3 is 1. The largest absolute Gasteiger partial charge is 0.464 e. The van der Waals surface area contributed by atoms with Gasteiger partial charge in [0.1, 0.15) is 5.69 Å². The van der Waals surface area contributed by atoms with Crippen LogP contribution < -0.4 is 5.32 Å². The zero-order chi connectivity index (χ0) is 15.2. The van der Waals surface area contributed by atoms with Crippen molar-refractivity contribution in [2.45, 2.75) is 26.2 Å². The van der Waals surface area contributed by atoms with Gasteiger partial charge in [-0.3, -0.25) is 4.79 Å². The summed E-state index contributed by atoms with van der Waals surface area (Å²) in [4.78, 5) is 30.2. The summed E-state index contributed by atoms with van der Waals surface area (Å²) in [6.07, 6.45) is 4.03. The summed E-state index contributed by atoms with van der Waals surface area (Å²) in [7, 11) is 1.33. The minimum absolute atomic E-state index is 0.0259. The zero-order valence-electron chi connectivity index (χ0n) is 11.9. The Morgan fingerprint density at radius 3 is 3.00 bits per heavy atom. The number of hydrogen-bond donors (Lipinski definition) is 2. The molecule has 7 heteroatoms. The second kappa shape index (κ2) is 7.03. The number of anilines is 1. The van der Waals surface area contributed by atoms with Crippen molar-refractivity contribution in [3.8, 4) is 11.3 Å². The molecular weight excluding hydrogens is 290 g/mol. The number of aromatic amines is 1. The van der Waals surface area contributed by atoms with Gasteiger partial charge in [0.15, 0.2) is 5.13 Å². The Kier molecular flexibility index (Phi) is 5.10. The van der Waals surface area contributed by atoms with E-state index in [0.717, 1.165) is 18.4 Å². The lowest BCUT2D eigenvalue weighted by Gasteiger charge is -1.99. The van der Waals surface area contributed by atoms with E-state index >= 15 is 0 Å². The van der Waals surface area contributed by atoms with Crippen LogP contribution in [-0.2, 0) is 9.53 Å². The van der Waals surface area contributed by atoms with E-state index in [0.29, 0.717) is 22.9 Å². The molecule has 0 aliphatic rings. The molecule has 21 heavy (non-hydrogen) atoms. The molecule has 2 heterocycles. The van der Waals surface area contributed by atoms with Crippen LogP contribution in [0.4, 0.5) is 5.13 Å². The Morgan fingerprint density at radius 1 is 1.48 bits per heavy atom. The Morgan fingerprint density at radius 2 is 2.29 bits per heavy atom. The van der Waals surface area contributed by atoms with Crippen molar-refractivity contribution in [1.82, 2.24) is 9.97 Å². The predicted molar refractivity (Wildman–Crippen MR) is 81.4 cm³/mol. The van der Waals surface area contributed by atoms with Crippen molar-refractivity contribution < 1.29 is 14.3 Å². The Bertz CT molecular complexity index is 633. The van der Waals surface area contributed by atoms with Crippen molar-refractivity contribution in [2.24, 2.45) is 0 Å². The number of aromatic nitrogens is 2. The van der Waals surface area contributed by atoms with Gasteiger partial charge < -0.3 is 15.0 Å². The highest BCUT2D eigenvalue weighted by Gasteiger charge is 2.12. The highest BCUT2D eigenvalue weighted by molar-refractivity contribution is 7.14. The normalized spacial score (nSPS) is 10.4. The quantitative estimate of drug-likeness (QED) is 0.803. The number of nitrogens with zero attached hydrogens (tertiary/aromatic N) is 1. The summed E-state index contributed by atoms with van der Waals surface area (Å²) in [5.74, 6) is -0.452. The molecular formula is C14H17N3O3S. The van der Waals surface area contributed by atoms with E-state index in [1.807, 2.05) is 12.3 Å². The van der Waals surface area contributed by atoms with Crippen molar-refractivity contribution >= 4 is 28.3 Å². The molecule has 2 aromatic heterocycles. The number of rotatable bonds is 6. The third kappa shape index (κ3) is 3.91. The van der Waals surface area contributed by atoms with Crippen LogP contribution in [0.25, 0.3) is 11.3 Å². The fraction of sp³-hybridized carbons (Fsp3) is 0.357. The second-order valence-corrected chi connectivity index (χ2v) is 5.34. The fourth-order valence-electron chi connectivity index (χ4n) is 1.75. The van der Waals surface area contributed by atoms with Gasteiger partial charge in [-0.1, -0.05) is 13.3 Å². The van der Waals surface area contributed by atoms with Crippen LogP contribution in [0.15, 0.2) is 17.6 Å². The molecule has 0 bridgehead atoms. The number of thiazole rings is 1. The number of unbranched alkanes of at least 4 members (excludes halogenated alkanes) is 1. The number of carbonyl (C=O) groups is 2. The number of H-pyrrole nitrogens is 1. The van der Waals surface area contributed by atoms with Crippen LogP contribution in [0, 0.1) is 0 Å². The lowest BCUT2D eigenvalue weighted by molar-refractivity contribution is -0.116. The van der Waals surface area contributed by atoms with Crippen LogP contribution in [-0.4, -0.2) is 29.0 Å². The number of amides is 1. The van der Waals surface area contributed by atoms with Crippen LogP contribution in [0.1, 0.15) is 36.7 Å². The van der Waals surface area contributed by atoms with Gasteiger partial charge in [0.2, 0.25) is 5.91 Å². The van der Waals surface area contributed by atoms with Gasteiger partial charge in [0.25, 0.3) is 0 Å². The second-order valence-electron chi connectivity index (χ2n) is 4.48. The van der Waals surface area contributed by atoms with Crippen LogP contribution in [0.3, 0.4) is 0 Å². The van der Waals surface area contributed by atoms with E-state index in [4.69, 9.17) is 0 Å². The molecule has 0 aliphatic carbocycles. The van der Waals surface area contributed by atoms with Crippen LogP contribution >= 0.6 is 11.3 Å². The number of nitrogens with one attached hydrogen (secondary N) is 2. The van der Waals surface area contributed by atoms with Crippen LogP contribution in [0.2, 0.25) is 0 Å². The number of hydrogen-bond acceptors (Lipinski definition) is 5. The lowest BCUT2D eigenvalue weighted by atomic mass is 10.2. The number of ether oxygens (including phenoxy) is 1. The van der Waals surface area contributed by atoms with Gasteiger partial charge in [0.05, 0.1) is 12.8 Å². The topological polar surface area (TPSA) is 84.1 Å². The van der Waals surface area contributed by atoms with Gasteiger partial charge >= 0.3 is 5.97 Å². The average Bonchev–Trinajstić information content (AvgIpc) is 3.13. The van der Waals surface area contributed by atoms with Crippen molar-refractivity contribution in [3.63, 3.8) is 0 Å². The first-order chi connectivity index (χ1) is 10.1. The Hall–Kier alpha value is -2.15. The standard InChI is InChI=1S/C14H17N3O3S/c1-3-4-5-12(18)17-14-16-11(8-21-14)9-6-10(15-7-9)13(19)20-2/h6-8,15H,3-5H2,1-2H3,(H,16,17,18). The third-order valence-electron chi connectivity index (χ3n) is 2.89. The molecule has 0 atom stereocenters. The van der Waals surface area contributed by atoms with Gasteiger partial charge in [0, 0.05) is 23.6 Å². The molecule has 0 unspecified atom stereocenters. The number of esters is 1. The maximum atomic E-state index is 11.6. The zero-order valence-corrected chi connectivity index (χ0v) is 12.8. The first kappa shape index (κ1) is 15.2. The molecule has 2 rings (SSSR count). The molecule has 2 aromatic rings. The fourth-order valence-corrected chi connectivity index (χ4v) is 2.49. The maximum absolute atomic E-state index is 11.6. The molecule has 0 spiro atoms. The van der Waals surface area contributed by atoms with E-state index in [2.05, 4.69) is 20.0 Å². The molecule has 0 fully saturated rings. The molecule has 0 saturated carbocycles. The molecule has 1 amide bonds. The average molecular weight is 307 g/mol. The summed E-state index contributed by atoms with van der Waals surface area (Å²) in [5.41, 5.74) is 1.85. The van der Waals surface area contributed by atoms with Gasteiger partial charge in [-0.05, 0) is 12.5 Å². The summed E-state index contributed by atoms with van der Waals surface area (Å²) in [6, 6.07) is 1.67. The van der Waals surface area contributed by atoms with Crippen LogP contribution in [0.5, 0.6) is 0 Å². The Labute approximate surface area is 126 Å². The van der Waals surface area contributed by atoms with E-state index in [1.165, 1.54) is 18.4 Å². The summed E-state index contributed by atoms with van der Waals surface area (Å²) in [6.45, 7) is 2.04. The monoisotopic (exact) mass is 307 g/mol. The SMILES string of the molecule is CCCCC(=O)Nc1nc(-c2c[nH]c(C(=O)OC)c2)cs1. The van der Waals surface area contributed by atoms with E-state index < -0.39 is 5.97 Å². The minimum atomic E-state index is -0.426. The van der Waals surface area contributed by atoms with E-state index in [-0.39, 0.29) is 5.91 Å². The van der Waals surface area contributed by atoms with Crippen molar-refractivity contribution in [3.05, 3.63) is 23.3 Å². The highest BCUT2D eigenvalue weighted by atomic mass is 32.1. The third-order valence-corrected chi connectivity index (χ3v) is 3.65. The van der Waals surface area contributed by atoms with E-state index in [9.17, 15) is 9.59 Å². The molecule has 0 radical (unpaired) electrons. The molecule has 0 saturated heterocycles. The van der Waals surface area contributed by atoms with E-state index in [1.54, 1.807) is 12.3 Å². The summed E-state index contributed by atoms with van der Waals surface area (Å²) >= 11 is 1.36. The lowest BCUT2D eigenvalue weighted by Crippen LogP contribution is -2.10. The molecule has 112 valence electrons. The smallest absolute Gasteiger partial charge is 0.354 e. The van der Waals surface area contributed by atoms with Crippen molar-refractivity contribution in [1.29, 1.82) is 0 Å². The minimum Gasteiger partial charge on any atom is -0.464 e. The highest BCUT2D eigenvalue weighted by Crippen LogP contribution is 2.25. The summed E-state index contributed by atoms with van der Waals surface area (Å²) in [5, 5.41) is 5.17. The molecule has 0 aromatic carbocycles. The first-order valence-corrected chi connectivity index (χ1v) is 7.54. The summed E-state index contributed by atoms with van der Waals surface area (Å²) < 4.78 is 4.64. The maximum Gasteiger partial charge on any atom is 0.354 e. The van der Waals surface area contributed by atoms with Gasteiger partial charge in [-0.25, -0.2) is 9.78 Å².